The van der Waals surface area contributed by atoms with Crippen molar-refractivity contribution in [1.82, 2.24) is 15.3 Å². The molecule has 1 fully saturated rings. The molecule has 0 amide bonds. The summed E-state index contributed by atoms with van der Waals surface area (Å²) in [5.41, 5.74) is 0.119. The fourth-order valence-corrected chi connectivity index (χ4v) is 5.10. The lowest BCUT2D eigenvalue weighted by Crippen LogP contribution is -2.38. The Balaban J connectivity index is 1.48. The van der Waals surface area contributed by atoms with E-state index in [-0.39, 0.29) is 46.2 Å². The molecule has 11 heteroatoms. The van der Waals surface area contributed by atoms with Gasteiger partial charge in [0.15, 0.2) is 17.4 Å². The molecule has 2 aliphatic heterocycles. The van der Waals surface area contributed by atoms with Crippen LogP contribution in [0.5, 0.6) is 5.75 Å². The van der Waals surface area contributed by atoms with E-state index in [1.165, 1.54) is 12.1 Å². The Hall–Kier alpha value is -3.47. The molecular weight excluding hydrogens is 505 g/mol. The topological polar surface area (TPSA) is 62.3 Å². The van der Waals surface area contributed by atoms with Gasteiger partial charge in [-0.25, -0.2) is 18.7 Å². The Kier molecular flexibility index (Phi) is 7.13. The molecule has 0 unspecified atom stereocenters. The predicted molar refractivity (Wildman–Crippen MR) is 135 cm³/mol. The lowest BCUT2D eigenvalue weighted by Gasteiger charge is -2.34. The van der Waals surface area contributed by atoms with Crippen molar-refractivity contribution in [1.29, 1.82) is 0 Å². The smallest absolute Gasteiger partial charge is 0.416 e. The number of rotatable bonds is 5. The number of ether oxygens (including phenoxy) is 1. The first-order chi connectivity index (χ1) is 18.1. The number of halogens is 5. The lowest BCUT2D eigenvalue weighted by molar-refractivity contribution is -0.138. The van der Waals surface area contributed by atoms with Gasteiger partial charge in [-0.1, -0.05) is 6.07 Å². The van der Waals surface area contributed by atoms with Crippen molar-refractivity contribution < 1.29 is 26.7 Å². The number of hydrogen-bond acceptors (Lipinski definition) is 6. The average Bonchev–Trinajstić information content (AvgIpc) is 2.89. The molecule has 2 N–H and O–H groups in total. The van der Waals surface area contributed by atoms with E-state index in [0.717, 1.165) is 18.3 Å². The van der Waals surface area contributed by atoms with Crippen LogP contribution < -0.4 is 20.3 Å². The third-order valence-electron chi connectivity index (χ3n) is 6.95. The molecule has 0 atom stereocenters. The largest absolute Gasteiger partial charge is 0.486 e. The fraction of sp³-hybridized carbons (Fsp3) is 0.407. The Morgan fingerprint density at radius 3 is 2.55 bits per heavy atom. The van der Waals surface area contributed by atoms with Crippen LogP contribution in [-0.2, 0) is 6.18 Å². The minimum absolute atomic E-state index is 0.0513. The monoisotopic (exact) mass is 533 g/mol. The molecule has 1 aromatic heterocycles. The summed E-state index contributed by atoms with van der Waals surface area (Å²) in [6, 6.07) is 6.83. The van der Waals surface area contributed by atoms with Gasteiger partial charge in [-0.15, -0.1) is 0 Å². The van der Waals surface area contributed by atoms with Crippen LogP contribution >= 0.6 is 0 Å². The van der Waals surface area contributed by atoms with Crippen molar-refractivity contribution in [3.63, 3.8) is 0 Å². The van der Waals surface area contributed by atoms with Gasteiger partial charge in [-0.2, -0.15) is 13.2 Å². The second-order valence-corrected chi connectivity index (χ2v) is 9.78. The van der Waals surface area contributed by atoms with Crippen molar-refractivity contribution in [2.75, 3.05) is 36.5 Å². The molecule has 202 valence electrons. The zero-order chi connectivity index (χ0) is 27.0. The maximum Gasteiger partial charge on any atom is 0.416 e. The van der Waals surface area contributed by atoms with E-state index in [2.05, 4.69) is 20.6 Å². The summed E-state index contributed by atoms with van der Waals surface area (Å²) in [6.07, 6.45) is -2.39. The molecule has 6 nitrogen and oxygen atoms in total. The Labute approximate surface area is 217 Å². The van der Waals surface area contributed by atoms with Gasteiger partial charge < -0.3 is 20.3 Å². The maximum absolute atomic E-state index is 14.9. The summed E-state index contributed by atoms with van der Waals surface area (Å²) in [7, 11) is 0. The van der Waals surface area contributed by atoms with Crippen LogP contribution in [0.1, 0.15) is 43.7 Å². The maximum atomic E-state index is 14.9. The number of fused-ring (bicyclic) bond motifs is 1. The average molecular weight is 534 g/mol. The van der Waals surface area contributed by atoms with Crippen molar-refractivity contribution in [2.45, 2.75) is 44.8 Å². The van der Waals surface area contributed by atoms with Gasteiger partial charge in [-0.05, 0) is 75.5 Å². The summed E-state index contributed by atoms with van der Waals surface area (Å²) in [5, 5.41) is 5.92. The molecular formula is C27H28F5N5O. The Bertz CT molecular complexity index is 1320. The number of hydrogen-bond donors (Lipinski definition) is 2. The van der Waals surface area contributed by atoms with Crippen molar-refractivity contribution in [3.05, 3.63) is 59.3 Å². The van der Waals surface area contributed by atoms with E-state index in [1.807, 2.05) is 18.7 Å². The zero-order valence-corrected chi connectivity index (χ0v) is 21.0. The highest BCUT2D eigenvalue weighted by Gasteiger charge is 2.36. The van der Waals surface area contributed by atoms with Crippen LogP contribution in [0.2, 0.25) is 0 Å². The van der Waals surface area contributed by atoms with E-state index in [9.17, 15) is 22.0 Å². The highest BCUT2D eigenvalue weighted by atomic mass is 19.4. The molecule has 3 heterocycles. The first-order valence-corrected chi connectivity index (χ1v) is 12.6. The molecule has 2 aliphatic rings. The van der Waals surface area contributed by atoms with E-state index in [1.54, 1.807) is 6.07 Å². The number of nitrogens with one attached hydrogen (secondary N) is 2. The molecule has 0 saturated carbocycles. The molecule has 0 spiro atoms. The van der Waals surface area contributed by atoms with Crippen molar-refractivity contribution in [3.8, 4) is 17.0 Å². The van der Waals surface area contributed by atoms with E-state index in [0.29, 0.717) is 44.8 Å². The predicted octanol–water partition coefficient (Wildman–Crippen LogP) is 6.26. The van der Waals surface area contributed by atoms with Crippen molar-refractivity contribution >= 4 is 17.3 Å². The normalized spacial score (nSPS) is 16.4. The molecule has 5 rings (SSSR count). The van der Waals surface area contributed by atoms with Crippen LogP contribution in [0.15, 0.2) is 36.5 Å². The third-order valence-corrected chi connectivity index (χ3v) is 6.95. The fourth-order valence-electron chi connectivity index (χ4n) is 5.10. The number of benzene rings is 2. The summed E-state index contributed by atoms with van der Waals surface area (Å²) in [5.74, 6) is -1.66. The van der Waals surface area contributed by atoms with Gasteiger partial charge in [0, 0.05) is 17.3 Å². The number of anilines is 3. The molecule has 0 aliphatic carbocycles. The standard InChI is InChI=1S/C27H28F5N5O/c1-15(2)37-9-10-38-25-21(28)11-17(12-23(25)37)24-22(29)14-34-26(36-24)35-18-3-4-19(16-5-7-33-8-6-16)20(13-18)27(30,31)32/h3-4,11-16,33H,5-10H2,1-2H3,(H,34,35,36). The highest BCUT2D eigenvalue weighted by Crippen LogP contribution is 2.41. The van der Waals surface area contributed by atoms with Gasteiger partial charge in [0.2, 0.25) is 5.95 Å². The number of aromatic nitrogens is 2. The summed E-state index contributed by atoms with van der Waals surface area (Å²) >= 11 is 0. The number of piperidine rings is 1. The van der Waals surface area contributed by atoms with Crippen molar-refractivity contribution in [2.24, 2.45) is 0 Å². The van der Waals surface area contributed by atoms with E-state index in [4.69, 9.17) is 4.74 Å². The van der Waals surface area contributed by atoms with Gasteiger partial charge in [0.25, 0.3) is 0 Å². The van der Waals surface area contributed by atoms with E-state index < -0.39 is 23.4 Å². The number of alkyl halides is 3. The van der Waals surface area contributed by atoms with Crippen LogP contribution in [0, 0.1) is 11.6 Å². The highest BCUT2D eigenvalue weighted by molar-refractivity contribution is 5.73. The summed E-state index contributed by atoms with van der Waals surface area (Å²) < 4.78 is 77.1. The molecule has 0 bridgehead atoms. The molecule has 3 aromatic rings. The second-order valence-electron chi connectivity index (χ2n) is 9.78. The summed E-state index contributed by atoms with van der Waals surface area (Å²) in [4.78, 5) is 10.0. The van der Waals surface area contributed by atoms with E-state index >= 15 is 0 Å². The first kappa shape index (κ1) is 26.1. The number of nitrogens with zero attached hydrogens (tertiary/aromatic N) is 3. The lowest BCUT2D eigenvalue weighted by atomic mass is 9.86. The third kappa shape index (κ3) is 5.24. The van der Waals surface area contributed by atoms with Crippen LogP contribution in [0.4, 0.5) is 39.3 Å². The van der Waals surface area contributed by atoms with Crippen LogP contribution in [-0.4, -0.2) is 42.3 Å². The van der Waals surface area contributed by atoms with Gasteiger partial charge in [0.1, 0.15) is 12.3 Å². The minimum atomic E-state index is -4.54. The quantitative estimate of drug-likeness (QED) is 0.378. The van der Waals surface area contributed by atoms with Gasteiger partial charge in [-0.3, -0.25) is 0 Å². The molecule has 38 heavy (non-hydrogen) atoms. The summed E-state index contributed by atoms with van der Waals surface area (Å²) in [6.45, 7) is 6.11. The molecule has 0 radical (unpaired) electrons. The molecule has 2 aromatic carbocycles. The minimum Gasteiger partial charge on any atom is -0.486 e. The second kappa shape index (κ2) is 10.4. The first-order valence-electron chi connectivity index (χ1n) is 12.6. The zero-order valence-electron chi connectivity index (χ0n) is 21.0. The van der Waals surface area contributed by atoms with Gasteiger partial charge >= 0.3 is 6.18 Å². The Morgan fingerprint density at radius 2 is 1.84 bits per heavy atom. The van der Waals surface area contributed by atoms with Crippen LogP contribution in [0.25, 0.3) is 11.3 Å². The molecule has 1 saturated heterocycles. The Morgan fingerprint density at radius 1 is 1.08 bits per heavy atom. The SMILES string of the molecule is CC(C)N1CCOc2c(F)cc(-c3nc(Nc4ccc(C5CCNCC5)c(C(F)(F)F)c4)ncc3F)cc21. The van der Waals surface area contributed by atoms with Gasteiger partial charge in [0.05, 0.1) is 24.0 Å². The van der Waals surface area contributed by atoms with Crippen LogP contribution in [0.3, 0.4) is 0 Å².